The van der Waals surface area contributed by atoms with E-state index in [4.69, 9.17) is 5.11 Å². The van der Waals surface area contributed by atoms with Gasteiger partial charge in [0.15, 0.2) is 5.13 Å². The van der Waals surface area contributed by atoms with Crippen LogP contribution in [0.25, 0.3) is 0 Å². The highest BCUT2D eigenvalue weighted by atomic mass is 32.1. The van der Waals surface area contributed by atoms with Gasteiger partial charge in [0.25, 0.3) is 0 Å². The molecule has 1 aromatic heterocycles. The van der Waals surface area contributed by atoms with Crippen molar-refractivity contribution < 1.29 is 9.90 Å². The second kappa shape index (κ2) is 7.15. The molecule has 0 aliphatic heterocycles. The van der Waals surface area contributed by atoms with E-state index in [1.807, 2.05) is 5.38 Å². The van der Waals surface area contributed by atoms with Gasteiger partial charge in [0, 0.05) is 31.5 Å². The van der Waals surface area contributed by atoms with E-state index < -0.39 is 0 Å². The molecule has 1 amide bonds. The molecule has 112 valence electrons. The summed E-state index contributed by atoms with van der Waals surface area (Å²) in [5, 5.41) is 14.6. The third-order valence-corrected chi connectivity index (χ3v) is 4.75. The fraction of sp³-hybridized carbons (Fsp3) is 0.714. The van der Waals surface area contributed by atoms with Gasteiger partial charge in [-0.1, -0.05) is 0 Å². The smallest absolute Gasteiger partial charge is 0.223 e. The molecule has 0 aromatic carbocycles. The van der Waals surface area contributed by atoms with E-state index in [0.717, 1.165) is 37.9 Å². The Morgan fingerprint density at radius 1 is 1.50 bits per heavy atom. The summed E-state index contributed by atoms with van der Waals surface area (Å²) in [5.41, 5.74) is 1.01. The minimum Gasteiger partial charge on any atom is -0.396 e. The number of anilines is 1. The Bertz CT molecular complexity index is 441. The quantitative estimate of drug-likeness (QED) is 0.873. The van der Waals surface area contributed by atoms with Crippen molar-refractivity contribution in [2.75, 3.05) is 19.0 Å². The van der Waals surface area contributed by atoms with E-state index in [1.165, 1.54) is 18.3 Å². The maximum absolute atomic E-state index is 11.0. The van der Waals surface area contributed by atoms with Crippen molar-refractivity contribution in [2.24, 2.45) is 5.92 Å². The molecule has 0 unspecified atom stereocenters. The van der Waals surface area contributed by atoms with Crippen LogP contribution in [0, 0.1) is 5.92 Å². The average molecular weight is 297 g/mol. The molecule has 5 nitrogen and oxygen atoms in total. The number of rotatable bonds is 5. The van der Waals surface area contributed by atoms with Crippen LogP contribution in [-0.4, -0.2) is 40.6 Å². The number of aliphatic hydroxyl groups is 1. The van der Waals surface area contributed by atoms with Crippen molar-refractivity contribution in [3.8, 4) is 0 Å². The van der Waals surface area contributed by atoms with Gasteiger partial charge in [-0.2, -0.15) is 0 Å². The number of carbonyl (C=O) groups excluding carboxylic acids is 1. The largest absolute Gasteiger partial charge is 0.396 e. The second-order valence-corrected chi connectivity index (χ2v) is 6.46. The van der Waals surface area contributed by atoms with Crippen molar-refractivity contribution in [3.63, 3.8) is 0 Å². The number of aliphatic hydroxyl groups excluding tert-OH is 1. The number of nitrogens with one attached hydrogen (secondary N) is 1. The van der Waals surface area contributed by atoms with Gasteiger partial charge in [-0.3, -0.25) is 9.69 Å². The molecule has 0 bridgehead atoms. The number of aromatic nitrogens is 1. The van der Waals surface area contributed by atoms with Crippen LogP contribution in [0.15, 0.2) is 5.38 Å². The van der Waals surface area contributed by atoms with Crippen LogP contribution in [0.4, 0.5) is 5.13 Å². The molecule has 0 radical (unpaired) electrons. The average Bonchev–Trinajstić information content (AvgIpc) is 2.85. The summed E-state index contributed by atoms with van der Waals surface area (Å²) in [6.45, 7) is 2.62. The van der Waals surface area contributed by atoms with Crippen LogP contribution in [0.1, 0.15) is 38.3 Å². The van der Waals surface area contributed by atoms with E-state index in [2.05, 4.69) is 22.2 Å². The van der Waals surface area contributed by atoms with Crippen molar-refractivity contribution in [1.29, 1.82) is 0 Å². The first-order chi connectivity index (χ1) is 9.58. The first-order valence-corrected chi connectivity index (χ1v) is 7.99. The summed E-state index contributed by atoms with van der Waals surface area (Å²) in [7, 11) is 2.13. The molecule has 1 saturated carbocycles. The fourth-order valence-electron chi connectivity index (χ4n) is 2.74. The summed E-state index contributed by atoms with van der Waals surface area (Å²) in [5.74, 6) is 0.409. The number of hydrogen-bond donors (Lipinski definition) is 2. The number of amides is 1. The van der Waals surface area contributed by atoms with E-state index in [1.54, 1.807) is 0 Å². The number of hydrogen-bond acceptors (Lipinski definition) is 5. The highest BCUT2D eigenvalue weighted by Crippen LogP contribution is 2.27. The van der Waals surface area contributed by atoms with Crippen LogP contribution in [0.5, 0.6) is 0 Å². The van der Waals surface area contributed by atoms with Gasteiger partial charge >= 0.3 is 0 Å². The summed E-state index contributed by atoms with van der Waals surface area (Å²) in [6.07, 6.45) is 4.51. The minimum atomic E-state index is -0.0819. The second-order valence-electron chi connectivity index (χ2n) is 5.60. The maximum atomic E-state index is 11.0. The standard InChI is InChI=1S/C14H23N3O2S/c1-10(19)15-14-16-12(9-20-14)7-17(2)13-5-3-11(8-18)4-6-13/h9,11,13,18H,3-8H2,1-2H3,(H,15,16,19). The summed E-state index contributed by atoms with van der Waals surface area (Å²) >= 11 is 1.47. The number of nitrogens with zero attached hydrogens (tertiary/aromatic N) is 2. The normalized spacial score (nSPS) is 23.0. The SMILES string of the molecule is CC(=O)Nc1nc(CN(C)C2CCC(CO)CC2)cs1. The predicted octanol–water partition coefficient (Wildman–Crippen LogP) is 2.08. The van der Waals surface area contributed by atoms with Crippen molar-refractivity contribution in [1.82, 2.24) is 9.88 Å². The van der Waals surface area contributed by atoms with E-state index >= 15 is 0 Å². The zero-order chi connectivity index (χ0) is 14.5. The molecule has 1 fully saturated rings. The van der Waals surface area contributed by atoms with Crippen LogP contribution in [0.3, 0.4) is 0 Å². The molecule has 6 heteroatoms. The molecular formula is C14H23N3O2S. The molecule has 0 atom stereocenters. The Labute approximate surface area is 124 Å². The van der Waals surface area contributed by atoms with Crippen molar-refractivity contribution in [3.05, 3.63) is 11.1 Å². The van der Waals surface area contributed by atoms with Gasteiger partial charge in [-0.05, 0) is 38.6 Å². The summed E-state index contributed by atoms with van der Waals surface area (Å²) in [6, 6.07) is 0.573. The third-order valence-electron chi connectivity index (χ3n) is 3.94. The molecule has 20 heavy (non-hydrogen) atoms. The highest BCUT2D eigenvalue weighted by Gasteiger charge is 2.23. The molecule has 2 N–H and O–H groups in total. The van der Waals surface area contributed by atoms with E-state index in [9.17, 15) is 4.79 Å². The van der Waals surface area contributed by atoms with Gasteiger partial charge in [0.1, 0.15) is 0 Å². The Balaban J connectivity index is 1.83. The zero-order valence-corrected chi connectivity index (χ0v) is 12.9. The van der Waals surface area contributed by atoms with Crippen molar-refractivity contribution >= 4 is 22.4 Å². The van der Waals surface area contributed by atoms with Crippen LogP contribution in [-0.2, 0) is 11.3 Å². The van der Waals surface area contributed by atoms with Gasteiger partial charge in [0.2, 0.25) is 5.91 Å². The molecule has 1 aromatic rings. The Morgan fingerprint density at radius 2 is 2.20 bits per heavy atom. The number of carbonyl (C=O) groups is 1. The van der Waals surface area contributed by atoms with Crippen LogP contribution < -0.4 is 5.32 Å². The third kappa shape index (κ3) is 4.26. The predicted molar refractivity (Wildman–Crippen MR) is 80.7 cm³/mol. The van der Waals surface area contributed by atoms with Crippen LogP contribution >= 0.6 is 11.3 Å². The highest BCUT2D eigenvalue weighted by molar-refractivity contribution is 7.13. The molecule has 1 aliphatic rings. The van der Waals surface area contributed by atoms with Gasteiger partial charge < -0.3 is 10.4 Å². The molecular weight excluding hydrogens is 274 g/mol. The lowest BCUT2D eigenvalue weighted by molar-refractivity contribution is -0.114. The molecule has 2 rings (SSSR count). The van der Waals surface area contributed by atoms with E-state index in [0.29, 0.717) is 23.7 Å². The molecule has 0 saturated heterocycles. The van der Waals surface area contributed by atoms with Gasteiger partial charge in [-0.25, -0.2) is 4.98 Å². The molecule has 0 spiro atoms. The minimum absolute atomic E-state index is 0.0819. The lowest BCUT2D eigenvalue weighted by atomic mass is 9.86. The Morgan fingerprint density at radius 3 is 2.80 bits per heavy atom. The van der Waals surface area contributed by atoms with Crippen molar-refractivity contribution in [2.45, 2.75) is 45.2 Å². The van der Waals surface area contributed by atoms with Gasteiger partial charge in [-0.15, -0.1) is 11.3 Å². The zero-order valence-electron chi connectivity index (χ0n) is 12.1. The fourth-order valence-corrected chi connectivity index (χ4v) is 3.49. The Hall–Kier alpha value is -0.980. The Kier molecular flexibility index (Phi) is 5.51. The van der Waals surface area contributed by atoms with Gasteiger partial charge in [0.05, 0.1) is 5.69 Å². The monoisotopic (exact) mass is 297 g/mol. The summed E-state index contributed by atoms with van der Waals surface area (Å²) < 4.78 is 0. The topological polar surface area (TPSA) is 65.5 Å². The van der Waals surface area contributed by atoms with Crippen LogP contribution in [0.2, 0.25) is 0 Å². The lowest BCUT2D eigenvalue weighted by Gasteiger charge is -2.33. The maximum Gasteiger partial charge on any atom is 0.223 e. The summed E-state index contributed by atoms with van der Waals surface area (Å²) in [4.78, 5) is 17.7. The van der Waals surface area contributed by atoms with E-state index in [-0.39, 0.29) is 5.91 Å². The number of thiazole rings is 1. The molecule has 1 aliphatic carbocycles. The first-order valence-electron chi connectivity index (χ1n) is 7.11. The first kappa shape index (κ1) is 15.4. The molecule has 1 heterocycles. The lowest BCUT2D eigenvalue weighted by Crippen LogP contribution is -2.35.